The Kier molecular flexibility index (Phi) is 7.25. The molecule has 158 valence electrons. The van der Waals surface area contributed by atoms with Gasteiger partial charge in [-0.2, -0.15) is 0 Å². The molecule has 1 aromatic rings. The van der Waals surface area contributed by atoms with Crippen LogP contribution in [-0.2, 0) is 14.4 Å². The first kappa shape index (κ1) is 21.3. The van der Waals surface area contributed by atoms with Crippen molar-refractivity contribution in [3.63, 3.8) is 0 Å². The first-order valence-corrected chi connectivity index (χ1v) is 10.6. The molecule has 29 heavy (non-hydrogen) atoms. The van der Waals surface area contributed by atoms with Crippen molar-refractivity contribution in [1.29, 1.82) is 0 Å². The Labute approximate surface area is 173 Å². The summed E-state index contributed by atoms with van der Waals surface area (Å²) in [6.45, 7) is 6.58. The molecule has 2 saturated heterocycles. The van der Waals surface area contributed by atoms with Gasteiger partial charge in [0.15, 0.2) is 0 Å². The number of rotatable bonds is 6. The van der Waals surface area contributed by atoms with E-state index in [0.717, 1.165) is 37.9 Å². The minimum atomic E-state index is -0.746. The minimum absolute atomic E-state index is 0.0883. The molecule has 0 saturated carbocycles. The first-order chi connectivity index (χ1) is 14.0. The van der Waals surface area contributed by atoms with Gasteiger partial charge in [0.25, 0.3) is 0 Å². The Hall–Kier alpha value is -2.41. The molecule has 7 nitrogen and oxygen atoms in total. The second kappa shape index (κ2) is 9.87. The number of hydrogen-bond donors (Lipinski definition) is 0. The van der Waals surface area contributed by atoms with E-state index in [0.29, 0.717) is 32.7 Å². The van der Waals surface area contributed by atoms with Crippen LogP contribution < -0.4 is 0 Å². The molecule has 0 unspecified atom stereocenters. The van der Waals surface area contributed by atoms with E-state index in [1.165, 1.54) is 4.90 Å². The number of unbranched alkanes of at least 4 members (excludes halogenated alkanes) is 1. The van der Waals surface area contributed by atoms with Gasteiger partial charge in [0, 0.05) is 39.3 Å². The summed E-state index contributed by atoms with van der Waals surface area (Å²) in [7, 11) is 2.06. The average Bonchev–Trinajstić information content (AvgIpc) is 2.96. The molecular formula is C22H32N4O3. The largest absolute Gasteiger partial charge is 0.339 e. The van der Waals surface area contributed by atoms with E-state index in [1.807, 2.05) is 35.2 Å². The monoisotopic (exact) mass is 400 g/mol. The average molecular weight is 401 g/mol. The fourth-order valence-electron chi connectivity index (χ4n) is 4.03. The fraction of sp³-hybridized carbons (Fsp3) is 0.591. The third-order valence-corrected chi connectivity index (χ3v) is 5.82. The smallest absolute Gasteiger partial charge is 0.313 e. The topological polar surface area (TPSA) is 64.2 Å². The molecule has 2 fully saturated rings. The molecule has 1 aromatic carbocycles. The van der Waals surface area contributed by atoms with Gasteiger partial charge in [-0.15, -0.1) is 0 Å². The van der Waals surface area contributed by atoms with Crippen LogP contribution >= 0.6 is 0 Å². The van der Waals surface area contributed by atoms with E-state index in [-0.39, 0.29) is 5.91 Å². The molecule has 2 aliphatic heterocycles. The van der Waals surface area contributed by atoms with Crippen molar-refractivity contribution >= 4 is 17.7 Å². The molecule has 2 heterocycles. The fourth-order valence-corrected chi connectivity index (χ4v) is 4.03. The molecule has 0 aromatic heterocycles. The van der Waals surface area contributed by atoms with E-state index >= 15 is 0 Å². The second-order valence-corrected chi connectivity index (χ2v) is 7.94. The van der Waals surface area contributed by atoms with E-state index in [4.69, 9.17) is 0 Å². The number of amides is 3. The highest BCUT2D eigenvalue weighted by Gasteiger charge is 2.41. The molecule has 7 heteroatoms. The number of piperazine rings is 1. The zero-order chi connectivity index (χ0) is 20.8. The number of hydrogen-bond acceptors (Lipinski definition) is 4. The lowest BCUT2D eigenvalue weighted by molar-refractivity contribution is -0.161. The molecule has 0 bridgehead atoms. The lowest BCUT2D eigenvalue weighted by Gasteiger charge is -2.39. The van der Waals surface area contributed by atoms with Crippen molar-refractivity contribution in [2.24, 2.45) is 0 Å². The summed E-state index contributed by atoms with van der Waals surface area (Å²) < 4.78 is 0. The maximum atomic E-state index is 13.6. The highest BCUT2D eigenvalue weighted by molar-refractivity contribution is 6.35. The predicted octanol–water partition coefficient (Wildman–Crippen LogP) is 1.36. The van der Waals surface area contributed by atoms with Crippen LogP contribution in [0, 0.1) is 0 Å². The maximum Gasteiger partial charge on any atom is 0.313 e. The zero-order valence-corrected chi connectivity index (χ0v) is 17.5. The van der Waals surface area contributed by atoms with Crippen molar-refractivity contribution in [1.82, 2.24) is 19.6 Å². The van der Waals surface area contributed by atoms with Gasteiger partial charge < -0.3 is 19.6 Å². The summed E-state index contributed by atoms with van der Waals surface area (Å²) in [5, 5.41) is 0. The zero-order valence-electron chi connectivity index (χ0n) is 17.5. The van der Waals surface area contributed by atoms with E-state index in [1.54, 1.807) is 4.90 Å². The minimum Gasteiger partial charge on any atom is -0.339 e. The molecule has 2 aliphatic rings. The van der Waals surface area contributed by atoms with Crippen LogP contribution in [0.5, 0.6) is 0 Å². The van der Waals surface area contributed by atoms with Crippen LogP contribution in [0.3, 0.4) is 0 Å². The van der Waals surface area contributed by atoms with Crippen molar-refractivity contribution in [3.8, 4) is 0 Å². The number of benzene rings is 1. The summed E-state index contributed by atoms with van der Waals surface area (Å²) >= 11 is 0. The standard InChI is InChI=1S/C22H32N4O3/c1-3-4-12-25-16-17-26(22(29)21(25)28)19(18-9-6-5-7-10-18)20(27)24-13-8-11-23(2)14-15-24/h5-7,9-10,19H,3-4,8,11-17H2,1-2H3/t19-/m0/s1. The molecule has 0 aliphatic carbocycles. The van der Waals surface area contributed by atoms with E-state index in [2.05, 4.69) is 18.9 Å². The predicted molar refractivity (Wildman–Crippen MR) is 111 cm³/mol. The summed E-state index contributed by atoms with van der Waals surface area (Å²) in [5.74, 6) is -1.15. The maximum absolute atomic E-state index is 13.6. The van der Waals surface area contributed by atoms with E-state index < -0.39 is 17.9 Å². The van der Waals surface area contributed by atoms with Gasteiger partial charge in [-0.25, -0.2) is 0 Å². The van der Waals surface area contributed by atoms with Gasteiger partial charge in [-0.3, -0.25) is 14.4 Å². The Morgan fingerprint density at radius 2 is 1.72 bits per heavy atom. The molecule has 0 radical (unpaired) electrons. The van der Waals surface area contributed by atoms with Gasteiger partial charge in [-0.05, 0) is 32.0 Å². The quantitative estimate of drug-likeness (QED) is 0.677. The van der Waals surface area contributed by atoms with Gasteiger partial charge in [0.05, 0.1) is 0 Å². The lowest BCUT2D eigenvalue weighted by atomic mass is 10.0. The van der Waals surface area contributed by atoms with Crippen molar-refractivity contribution in [2.45, 2.75) is 32.2 Å². The Bertz CT molecular complexity index is 724. The SMILES string of the molecule is CCCCN1CCN([C@H](C(=O)N2CCCN(C)CC2)c2ccccc2)C(=O)C1=O. The van der Waals surface area contributed by atoms with Crippen molar-refractivity contribution < 1.29 is 14.4 Å². The Balaban J connectivity index is 1.84. The van der Waals surface area contributed by atoms with Crippen LogP contribution in [0.4, 0.5) is 0 Å². The van der Waals surface area contributed by atoms with Crippen LogP contribution in [0.2, 0.25) is 0 Å². The number of carbonyl (C=O) groups is 3. The highest BCUT2D eigenvalue weighted by Crippen LogP contribution is 2.26. The Morgan fingerprint density at radius 1 is 0.966 bits per heavy atom. The molecule has 0 N–H and O–H groups in total. The van der Waals surface area contributed by atoms with Crippen LogP contribution in [0.1, 0.15) is 37.8 Å². The van der Waals surface area contributed by atoms with Crippen LogP contribution in [0.25, 0.3) is 0 Å². The van der Waals surface area contributed by atoms with Crippen LogP contribution in [0.15, 0.2) is 30.3 Å². The summed E-state index contributed by atoms with van der Waals surface area (Å²) in [6.07, 6.45) is 2.75. The summed E-state index contributed by atoms with van der Waals surface area (Å²) in [4.78, 5) is 46.4. The molecule has 1 atom stereocenters. The first-order valence-electron chi connectivity index (χ1n) is 10.6. The normalized spacial score (nSPS) is 20.0. The molecule has 3 rings (SSSR count). The number of nitrogens with zero attached hydrogens (tertiary/aromatic N) is 4. The molecule has 0 spiro atoms. The number of carbonyl (C=O) groups excluding carboxylic acids is 3. The van der Waals surface area contributed by atoms with Crippen molar-refractivity contribution in [3.05, 3.63) is 35.9 Å². The third-order valence-electron chi connectivity index (χ3n) is 5.82. The summed E-state index contributed by atoms with van der Waals surface area (Å²) in [5.41, 5.74) is 0.762. The summed E-state index contributed by atoms with van der Waals surface area (Å²) in [6, 6.07) is 8.62. The molecular weight excluding hydrogens is 368 g/mol. The van der Waals surface area contributed by atoms with Gasteiger partial charge in [-0.1, -0.05) is 43.7 Å². The lowest BCUT2D eigenvalue weighted by Crippen LogP contribution is -2.57. The molecule has 3 amide bonds. The van der Waals surface area contributed by atoms with Gasteiger partial charge >= 0.3 is 11.8 Å². The van der Waals surface area contributed by atoms with Gasteiger partial charge in [0.1, 0.15) is 6.04 Å². The van der Waals surface area contributed by atoms with Crippen LogP contribution in [-0.4, -0.2) is 90.2 Å². The number of likely N-dealkylation sites (N-methyl/N-ethyl adjacent to an activating group) is 1. The van der Waals surface area contributed by atoms with E-state index in [9.17, 15) is 14.4 Å². The Morgan fingerprint density at radius 3 is 2.45 bits per heavy atom. The highest BCUT2D eigenvalue weighted by atomic mass is 16.2. The third kappa shape index (κ3) is 4.96. The van der Waals surface area contributed by atoms with Gasteiger partial charge in [0.2, 0.25) is 5.91 Å². The second-order valence-electron chi connectivity index (χ2n) is 7.94. The van der Waals surface area contributed by atoms with Crippen molar-refractivity contribution in [2.75, 3.05) is 52.9 Å².